The van der Waals surface area contributed by atoms with Gasteiger partial charge in [0.2, 0.25) is 24.4 Å². The Morgan fingerprint density at radius 3 is 2.52 bits per heavy atom. The molecular weight excluding hydrogens is 543 g/mol. The van der Waals surface area contributed by atoms with Crippen molar-refractivity contribution in [2.24, 2.45) is 0 Å². The molecule has 0 saturated heterocycles. The molecule has 5 rings (SSSR count). The standard InChI is InChI=1S/C30H31FN6O5/c1-30(2,3)32-29(39)27(20-10-12-21(40-4)13-11-20)36(16-19-9-14-24-25(15-19)42-18-41-24)26(38)17-37-34-28(33-35-37)22-7-5-6-8-23(22)31/h5-15,27H,16-18H2,1-4H3,(H,32,39). The molecular formula is C30H31FN6O5. The number of nitrogens with one attached hydrogen (secondary N) is 1. The van der Waals surface area contributed by atoms with Crippen molar-refractivity contribution in [3.05, 3.63) is 83.7 Å². The predicted octanol–water partition coefficient (Wildman–Crippen LogP) is 3.90. The first kappa shape index (κ1) is 28.5. The van der Waals surface area contributed by atoms with Crippen molar-refractivity contribution < 1.29 is 28.2 Å². The zero-order chi connectivity index (χ0) is 29.9. The summed E-state index contributed by atoms with van der Waals surface area (Å²) in [4.78, 5) is 30.4. The van der Waals surface area contributed by atoms with Crippen molar-refractivity contribution in [1.29, 1.82) is 0 Å². The van der Waals surface area contributed by atoms with E-state index in [4.69, 9.17) is 14.2 Å². The van der Waals surface area contributed by atoms with Gasteiger partial charge in [0.05, 0.1) is 12.7 Å². The van der Waals surface area contributed by atoms with Gasteiger partial charge in [-0.15, -0.1) is 10.2 Å². The van der Waals surface area contributed by atoms with Crippen molar-refractivity contribution in [2.75, 3.05) is 13.9 Å². The fourth-order valence-electron chi connectivity index (χ4n) is 4.53. The summed E-state index contributed by atoms with van der Waals surface area (Å²) in [6, 6.07) is 17.3. The van der Waals surface area contributed by atoms with Crippen LogP contribution in [0.15, 0.2) is 66.7 Å². The highest BCUT2D eigenvalue weighted by Crippen LogP contribution is 2.34. The van der Waals surface area contributed by atoms with Crippen molar-refractivity contribution in [3.8, 4) is 28.6 Å². The number of methoxy groups -OCH3 is 1. The van der Waals surface area contributed by atoms with Crippen LogP contribution in [-0.2, 0) is 22.7 Å². The zero-order valence-corrected chi connectivity index (χ0v) is 23.7. The molecule has 2 amide bonds. The van der Waals surface area contributed by atoms with Crippen LogP contribution < -0.4 is 19.5 Å². The number of nitrogens with zero attached hydrogens (tertiary/aromatic N) is 5. The minimum atomic E-state index is -1.03. The highest BCUT2D eigenvalue weighted by atomic mass is 19.1. The van der Waals surface area contributed by atoms with Crippen LogP contribution >= 0.6 is 0 Å². The molecule has 0 saturated carbocycles. The van der Waals surface area contributed by atoms with E-state index < -0.39 is 23.3 Å². The van der Waals surface area contributed by atoms with Crippen LogP contribution in [0, 0.1) is 5.82 Å². The number of fused-ring (bicyclic) bond motifs is 1. The molecule has 0 aliphatic carbocycles. The molecule has 12 heteroatoms. The second-order valence-corrected chi connectivity index (χ2v) is 10.7. The summed E-state index contributed by atoms with van der Waals surface area (Å²) in [5.41, 5.74) is 0.879. The molecule has 0 spiro atoms. The number of carbonyl (C=O) groups is 2. The Bertz CT molecular complexity index is 1580. The summed E-state index contributed by atoms with van der Waals surface area (Å²) in [7, 11) is 1.55. The molecule has 1 aromatic heterocycles. The van der Waals surface area contributed by atoms with E-state index in [2.05, 4.69) is 20.7 Å². The number of hydrogen-bond acceptors (Lipinski definition) is 8. The monoisotopic (exact) mass is 574 g/mol. The molecule has 4 aromatic rings. The summed E-state index contributed by atoms with van der Waals surface area (Å²) in [5.74, 6) is 0.450. The smallest absolute Gasteiger partial charge is 0.247 e. The minimum absolute atomic E-state index is 0.0420. The summed E-state index contributed by atoms with van der Waals surface area (Å²) in [5, 5.41) is 15.1. The van der Waals surface area contributed by atoms with Gasteiger partial charge in [0.15, 0.2) is 11.5 Å². The van der Waals surface area contributed by atoms with Gasteiger partial charge < -0.3 is 24.4 Å². The van der Waals surface area contributed by atoms with E-state index in [1.165, 1.54) is 17.0 Å². The number of aromatic nitrogens is 4. The Morgan fingerprint density at radius 2 is 1.81 bits per heavy atom. The molecule has 0 bridgehead atoms. The molecule has 1 atom stereocenters. The summed E-state index contributed by atoms with van der Waals surface area (Å²) in [6.07, 6.45) is 0. The van der Waals surface area contributed by atoms with Crippen LogP contribution in [0.25, 0.3) is 11.4 Å². The van der Waals surface area contributed by atoms with Gasteiger partial charge >= 0.3 is 0 Å². The molecule has 42 heavy (non-hydrogen) atoms. The van der Waals surface area contributed by atoms with Crippen molar-refractivity contribution in [1.82, 2.24) is 30.4 Å². The van der Waals surface area contributed by atoms with Gasteiger partial charge in [0.1, 0.15) is 24.2 Å². The van der Waals surface area contributed by atoms with Crippen LogP contribution in [0.2, 0.25) is 0 Å². The first-order valence-corrected chi connectivity index (χ1v) is 13.3. The van der Waals surface area contributed by atoms with E-state index in [1.807, 2.05) is 26.8 Å². The molecule has 218 valence electrons. The lowest BCUT2D eigenvalue weighted by molar-refractivity contribution is -0.143. The normalized spacial score (nSPS) is 13.0. The third-order valence-electron chi connectivity index (χ3n) is 6.44. The Hall–Kier alpha value is -5.00. The SMILES string of the molecule is COc1ccc(C(C(=O)NC(C)(C)C)N(Cc2ccc3c(c2)OCO3)C(=O)Cn2nnc(-c3ccccc3F)n2)cc1. The van der Waals surface area contributed by atoms with E-state index in [0.717, 1.165) is 4.80 Å². The third-order valence-corrected chi connectivity index (χ3v) is 6.44. The van der Waals surface area contributed by atoms with Gasteiger partial charge in [-0.25, -0.2) is 4.39 Å². The fraction of sp³-hybridized carbons (Fsp3) is 0.300. The zero-order valence-electron chi connectivity index (χ0n) is 23.7. The van der Waals surface area contributed by atoms with Gasteiger partial charge in [-0.3, -0.25) is 9.59 Å². The molecule has 1 aliphatic heterocycles. The number of halogens is 1. The number of hydrogen-bond donors (Lipinski definition) is 1. The summed E-state index contributed by atoms with van der Waals surface area (Å²) >= 11 is 0. The Labute approximate surface area is 242 Å². The van der Waals surface area contributed by atoms with E-state index in [0.29, 0.717) is 28.4 Å². The minimum Gasteiger partial charge on any atom is -0.497 e. The largest absolute Gasteiger partial charge is 0.497 e. The van der Waals surface area contributed by atoms with Crippen LogP contribution in [-0.4, -0.2) is 56.4 Å². The van der Waals surface area contributed by atoms with Gasteiger partial charge in [-0.2, -0.15) is 4.80 Å². The molecule has 3 aromatic carbocycles. The lowest BCUT2D eigenvalue weighted by Gasteiger charge is -2.34. The number of carbonyl (C=O) groups excluding carboxylic acids is 2. The van der Waals surface area contributed by atoms with Gasteiger partial charge in [0.25, 0.3) is 0 Å². The number of benzene rings is 3. The summed E-state index contributed by atoms with van der Waals surface area (Å²) in [6.45, 7) is 5.41. The molecule has 11 nitrogen and oxygen atoms in total. The first-order valence-electron chi connectivity index (χ1n) is 13.3. The van der Waals surface area contributed by atoms with Gasteiger partial charge in [-0.05, 0) is 73.5 Å². The third kappa shape index (κ3) is 6.48. The Morgan fingerprint density at radius 1 is 1.07 bits per heavy atom. The van der Waals surface area contributed by atoms with Crippen molar-refractivity contribution >= 4 is 11.8 Å². The van der Waals surface area contributed by atoms with E-state index in [-0.39, 0.29) is 37.2 Å². The quantitative estimate of drug-likeness (QED) is 0.320. The Balaban J connectivity index is 1.51. The fourth-order valence-corrected chi connectivity index (χ4v) is 4.53. The maximum atomic E-state index is 14.3. The van der Waals surface area contributed by atoms with Gasteiger partial charge in [-0.1, -0.05) is 30.3 Å². The number of rotatable bonds is 9. The van der Waals surface area contributed by atoms with Crippen molar-refractivity contribution in [2.45, 2.75) is 45.4 Å². The first-order chi connectivity index (χ1) is 20.1. The molecule has 0 fully saturated rings. The van der Waals surface area contributed by atoms with Crippen LogP contribution in [0.4, 0.5) is 4.39 Å². The average Bonchev–Trinajstić information content (AvgIpc) is 3.61. The molecule has 0 radical (unpaired) electrons. The number of ether oxygens (including phenoxy) is 3. The number of tetrazole rings is 1. The second kappa shape index (κ2) is 11.9. The lowest BCUT2D eigenvalue weighted by Crippen LogP contribution is -2.49. The maximum absolute atomic E-state index is 14.3. The Kier molecular flexibility index (Phi) is 8.05. The summed E-state index contributed by atoms with van der Waals surface area (Å²) < 4.78 is 30.6. The lowest BCUT2D eigenvalue weighted by atomic mass is 10.0. The molecule has 2 heterocycles. The highest BCUT2D eigenvalue weighted by Gasteiger charge is 2.34. The molecule has 1 N–H and O–H groups in total. The average molecular weight is 575 g/mol. The van der Waals surface area contributed by atoms with Crippen LogP contribution in [0.5, 0.6) is 17.2 Å². The molecule has 1 unspecified atom stereocenters. The van der Waals surface area contributed by atoms with E-state index >= 15 is 0 Å². The number of amides is 2. The van der Waals surface area contributed by atoms with Crippen LogP contribution in [0.1, 0.15) is 37.9 Å². The maximum Gasteiger partial charge on any atom is 0.247 e. The van der Waals surface area contributed by atoms with Crippen LogP contribution in [0.3, 0.4) is 0 Å². The van der Waals surface area contributed by atoms with E-state index in [1.54, 1.807) is 55.6 Å². The van der Waals surface area contributed by atoms with Crippen molar-refractivity contribution in [3.63, 3.8) is 0 Å². The topological polar surface area (TPSA) is 121 Å². The van der Waals surface area contributed by atoms with Gasteiger partial charge in [0, 0.05) is 12.1 Å². The van der Waals surface area contributed by atoms with E-state index in [9.17, 15) is 14.0 Å². The molecule has 1 aliphatic rings. The predicted molar refractivity (Wildman–Crippen MR) is 150 cm³/mol. The highest BCUT2D eigenvalue weighted by molar-refractivity contribution is 5.89. The second-order valence-electron chi connectivity index (χ2n) is 10.7.